The molecule has 0 aliphatic carbocycles. The molecule has 3 rings (SSSR count). The van der Waals surface area contributed by atoms with Gasteiger partial charge in [0.1, 0.15) is 0 Å². The monoisotopic (exact) mass is 298 g/mol. The van der Waals surface area contributed by atoms with Crippen LogP contribution in [0.15, 0.2) is 58.3 Å². The van der Waals surface area contributed by atoms with Crippen LogP contribution in [-0.2, 0) is 0 Å². The molecule has 0 amide bonds. The normalized spacial score (nSPS) is 13.6. The third-order valence-electron chi connectivity index (χ3n) is 3.73. The van der Waals surface area contributed by atoms with Gasteiger partial charge in [-0.1, -0.05) is 48.2 Å². The van der Waals surface area contributed by atoms with Crippen molar-refractivity contribution in [1.82, 2.24) is 0 Å². The lowest BCUT2D eigenvalue weighted by Crippen LogP contribution is -1.98. The van der Waals surface area contributed by atoms with E-state index in [0.717, 1.165) is 11.1 Å². The van der Waals surface area contributed by atoms with Crippen LogP contribution < -0.4 is 0 Å². The number of hydrogen-bond acceptors (Lipinski definition) is 3. The summed E-state index contributed by atoms with van der Waals surface area (Å²) in [6.07, 6.45) is 1.22. The molecule has 0 atom stereocenters. The number of benzene rings is 2. The summed E-state index contributed by atoms with van der Waals surface area (Å²) in [5, 5.41) is 18.9. The molecule has 0 bridgehead atoms. The van der Waals surface area contributed by atoms with E-state index < -0.39 is 0 Å². The second-order valence-electron chi connectivity index (χ2n) is 5.00. The van der Waals surface area contributed by atoms with Gasteiger partial charge in [0.05, 0.1) is 0 Å². The molecular weight excluding hydrogens is 280 g/mol. The van der Waals surface area contributed by atoms with Crippen LogP contribution >= 0.6 is 11.8 Å². The van der Waals surface area contributed by atoms with Crippen molar-refractivity contribution >= 4 is 22.9 Å². The largest absolute Gasteiger partial charge is 0.396 e. The zero-order valence-corrected chi connectivity index (χ0v) is 12.6. The van der Waals surface area contributed by atoms with Gasteiger partial charge >= 0.3 is 0 Å². The fourth-order valence-corrected chi connectivity index (χ4v) is 3.98. The second-order valence-corrected chi connectivity index (χ2v) is 6.08. The summed E-state index contributed by atoms with van der Waals surface area (Å²) < 4.78 is 0. The highest BCUT2D eigenvalue weighted by atomic mass is 32.2. The Bertz CT molecular complexity index is 619. The fraction of sp³-hybridized carbons (Fsp3) is 0.222. The number of rotatable bonds is 4. The van der Waals surface area contributed by atoms with E-state index in [2.05, 4.69) is 24.3 Å². The highest BCUT2D eigenvalue weighted by molar-refractivity contribution is 7.99. The van der Waals surface area contributed by atoms with Crippen molar-refractivity contribution < 1.29 is 10.2 Å². The van der Waals surface area contributed by atoms with Crippen LogP contribution in [0.1, 0.15) is 24.0 Å². The third-order valence-corrected chi connectivity index (χ3v) is 4.88. The molecule has 3 heteroatoms. The van der Waals surface area contributed by atoms with Crippen molar-refractivity contribution in [2.45, 2.75) is 22.6 Å². The number of fused-ring (bicyclic) bond motifs is 2. The van der Waals surface area contributed by atoms with Gasteiger partial charge in [-0.2, -0.15) is 0 Å². The predicted molar refractivity (Wildman–Crippen MR) is 87.2 cm³/mol. The number of hydrogen-bond donors (Lipinski definition) is 2. The van der Waals surface area contributed by atoms with Gasteiger partial charge in [-0.25, -0.2) is 0 Å². The van der Waals surface area contributed by atoms with Gasteiger partial charge in [0, 0.05) is 23.0 Å². The van der Waals surface area contributed by atoms with E-state index in [1.807, 2.05) is 24.3 Å². The Morgan fingerprint density at radius 2 is 1.10 bits per heavy atom. The summed E-state index contributed by atoms with van der Waals surface area (Å²) in [6.45, 7) is 0.233. The van der Waals surface area contributed by atoms with E-state index in [4.69, 9.17) is 0 Å². The molecule has 2 aromatic rings. The topological polar surface area (TPSA) is 40.5 Å². The summed E-state index contributed by atoms with van der Waals surface area (Å²) in [5.74, 6) is 0. The fourth-order valence-electron chi connectivity index (χ4n) is 2.85. The molecular formula is C18H18O2S. The maximum absolute atomic E-state index is 9.47. The standard InChI is InChI=1S/C18H18O2S/c19-11-9-13-14(10-12-20)16-6-2-4-8-18(16)21-17-7-3-1-5-15(13)17/h1-8,19-20H,9-12H2. The van der Waals surface area contributed by atoms with E-state index in [1.54, 1.807) is 11.8 Å². The first kappa shape index (κ1) is 14.4. The second kappa shape index (κ2) is 6.48. The van der Waals surface area contributed by atoms with Crippen molar-refractivity contribution in [2.24, 2.45) is 0 Å². The van der Waals surface area contributed by atoms with Gasteiger partial charge in [-0.3, -0.25) is 0 Å². The molecule has 1 aliphatic heterocycles. The highest BCUT2D eigenvalue weighted by Crippen LogP contribution is 2.45. The molecule has 1 heterocycles. The molecule has 0 spiro atoms. The maximum atomic E-state index is 9.47. The summed E-state index contributed by atoms with van der Waals surface area (Å²) in [4.78, 5) is 2.42. The molecule has 21 heavy (non-hydrogen) atoms. The van der Waals surface area contributed by atoms with Crippen LogP contribution in [0.25, 0.3) is 11.1 Å². The van der Waals surface area contributed by atoms with Crippen molar-refractivity contribution in [3.8, 4) is 0 Å². The highest BCUT2D eigenvalue weighted by Gasteiger charge is 2.21. The van der Waals surface area contributed by atoms with Crippen LogP contribution in [0.5, 0.6) is 0 Å². The Morgan fingerprint density at radius 1 is 0.667 bits per heavy atom. The van der Waals surface area contributed by atoms with E-state index in [9.17, 15) is 10.2 Å². The van der Waals surface area contributed by atoms with Gasteiger partial charge in [-0.05, 0) is 47.2 Å². The summed E-state index contributed by atoms with van der Waals surface area (Å²) in [7, 11) is 0. The molecule has 2 aromatic carbocycles. The minimum Gasteiger partial charge on any atom is -0.396 e. The first-order valence-electron chi connectivity index (χ1n) is 7.15. The molecule has 0 unspecified atom stereocenters. The molecule has 0 saturated carbocycles. The van der Waals surface area contributed by atoms with Gasteiger partial charge in [0.2, 0.25) is 0 Å². The van der Waals surface area contributed by atoms with Crippen LogP contribution in [0.4, 0.5) is 0 Å². The van der Waals surface area contributed by atoms with Gasteiger partial charge in [0.15, 0.2) is 0 Å². The van der Waals surface area contributed by atoms with Gasteiger partial charge in [-0.15, -0.1) is 0 Å². The van der Waals surface area contributed by atoms with E-state index in [0.29, 0.717) is 12.8 Å². The Kier molecular flexibility index (Phi) is 4.44. The van der Waals surface area contributed by atoms with Crippen LogP contribution in [0.2, 0.25) is 0 Å². The van der Waals surface area contributed by atoms with E-state index in [-0.39, 0.29) is 13.2 Å². The number of aliphatic hydroxyl groups is 2. The average Bonchev–Trinajstić information content (AvgIpc) is 2.64. The molecule has 2 nitrogen and oxygen atoms in total. The molecule has 108 valence electrons. The molecule has 0 fully saturated rings. The van der Waals surface area contributed by atoms with Gasteiger partial charge < -0.3 is 10.2 Å². The van der Waals surface area contributed by atoms with Crippen molar-refractivity contribution in [2.75, 3.05) is 13.2 Å². The van der Waals surface area contributed by atoms with Crippen LogP contribution in [-0.4, -0.2) is 23.4 Å². The van der Waals surface area contributed by atoms with Crippen LogP contribution in [0.3, 0.4) is 0 Å². The molecule has 2 N–H and O–H groups in total. The summed E-state index contributed by atoms with van der Waals surface area (Å²) >= 11 is 1.76. The van der Waals surface area contributed by atoms with Crippen molar-refractivity contribution in [3.63, 3.8) is 0 Å². The smallest absolute Gasteiger partial charge is 0.0471 e. The summed E-state index contributed by atoms with van der Waals surface area (Å²) in [6, 6.07) is 16.6. The van der Waals surface area contributed by atoms with E-state index >= 15 is 0 Å². The lowest BCUT2D eigenvalue weighted by molar-refractivity contribution is 0.301. The Hall–Kier alpha value is -1.55. The lowest BCUT2D eigenvalue weighted by atomic mass is 9.91. The third kappa shape index (κ3) is 2.77. The quantitative estimate of drug-likeness (QED) is 0.901. The first-order chi connectivity index (χ1) is 10.3. The Morgan fingerprint density at radius 3 is 1.52 bits per heavy atom. The molecule has 1 aliphatic rings. The predicted octanol–water partition coefficient (Wildman–Crippen LogP) is 3.83. The SMILES string of the molecule is OCCC1=C(CCO)c2ccccc2Sc2ccccc21. The number of aliphatic hydroxyl groups excluding tert-OH is 2. The molecule has 0 aromatic heterocycles. The minimum atomic E-state index is 0.116. The van der Waals surface area contributed by atoms with Crippen molar-refractivity contribution in [3.05, 3.63) is 59.7 Å². The maximum Gasteiger partial charge on any atom is 0.0471 e. The first-order valence-corrected chi connectivity index (χ1v) is 7.97. The van der Waals surface area contributed by atoms with Crippen molar-refractivity contribution in [1.29, 1.82) is 0 Å². The zero-order chi connectivity index (χ0) is 14.7. The zero-order valence-electron chi connectivity index (χ0n) is 11.7. The lowest BCUT2D eigenvalue weighted by Gasteiger charge is -2.14. The average molecular weight is 298 g/mol. The molecule has 0 radical (unpaired) electrons. The van der Waals surface area contributed by atoms with E-state index in [1.165, 1.54) is 20.9 Å². The van der Waals surface area contributed by atoms with Crippen LogP contribution in [0, 0.1) is 0 Å². The Labute approximate surface area is 129 Å². The van der Waals surface area contributed by atoms with Gasteiger partial charge in [0.25, 0.3) is 0 Å². The Balaban J connectivity index is 2.28. The minimum absolute atomic E-state index is 0.116. The summed E-state index contributed by atoms with van der Waals surface area (Å²) in [5.41, 5.74) is 4.66. The molecule has 0 saturated heterocycles.